The van der Waals surface area contributed by atoms with Crippen LogP contribution in [0.4, 0.5) is 5.69 Å². The molecular formula is C41H48N2O9. The largest absolute Gasteiger partial charge is 0.493 e. The van der Waals surface area contributed by atoms with E-state index in [0.29, 0.717) is 64.8 Å². The van der Waals surface area contributed by atoms with E-state index in [1.807, 2.05) is 72.8 Å². The second kappa shape index (κ2) is 18.5. The van der Waals surface area contributed by atoms with Crippen LogP contribution in [-0.4, -0.2) is 61.8 Å². The minimum absolute atomic E-state index is 0.113. The molecular weight excluding hydrogens is 664 g/mol. The van der Waals surface area contributed by atoms with Gasteiger partial charge in [-0.3, -0.25) is 4.79 Å². The van der Waals surface area contributed by atoms with Gasteiger partial charge < -0.3 is 48.5 Å². The standard InChI is InChI=1S/C41H48N2O9/c1-45-33-26-29(40-42-31-15-11-10-14-30(31)41(44)43-40)18-19-32(33)51-20-12-8-7-9-13-21-52-39-36(48-4)24-28(25-37(39)49-5)17-16-27-22-34(46-2)38(50-6)35(23-27)47-3/h10-11,14-19,22-26,40,42H,7-9,12-13,20-21H2,1-6H3,(H,43,44)/b17-16-. The molecule has 4 aromatic carbocycles. The molecule has 0 aromatic heterocycles. The summed E-state index contributed by atoms with van der Waals surface area (Å²) in [6, 6.07) is 20.8. The molecule has 1 atom stereocenters. The van der Waals surface area contributed by atoms with E-state index in [4.69, 9.17) is 37.9 Å². The molecule has 2 N–H and O–H groups in total. The molecule has 0 saturated carbocycles. The first-order valence-corrected chi connectivity index (χ1v) is 17.3. The molecule has 1 amide bonds. The van der Waals surface area contributed by atoms with Crippen molar-refractivity contribution in [1.82, 2.24) is 5.32 Å². The topological polar surface area (TPSA) is 115 Å². The van der Waals surface area contributed by atoms with Gasteiger partial charge in [0.15, 0.2) is 34.5 Å². The van der Waals surface area contributed by atoms with Crippen molar-refractivity contribution >= 4 is 23.7 Å². The zero-order valence-corrected chi connectivity index (χ0v) is 30.7. The number of anilines is 1. The molecule has 1 heterocycles. The van der Waals surface area contributed by atoms with Gasteiger partial charge in [-0.25, -0.2) is 0 Å². The van der Waals surface area contributed by atoms with Crippen molar-refractivity contribution < 1.29 is 42.7 Å². The molecule has 4 aromatic rings. The fraction of sp³-hybridized carbons (Fsp3) is 0.341. The number of amides is 1. The molecule has 11 heteroatoms. The Morgan fingerprint density at radius 1 is 0.538 bits per heavy atom. The number of carbonyl (C=O) groups is 1. The van der Waals surface area contributed by atoms with Crippen LogP contribution in [-0.2, 0) is 0 Å². The van der Waals surface area contributed by atoms with Gasteiger partial charge in [-0.15, -0.1) is 0 Å². The first-order chi connectivity index (χ1) is 25.4. The number of rotatable bonds is 19. The van der Waals surface area contributed by atoms with Crippen LogP contribution in [0.15, 0.2) is 66.7 Å². The lowest BCUT2D eigenvalue weighted by atomic mass is 10.1. The minimum Gasteiger partial charge on any atom is -0.493 e. The summed E-state index contributed by atoms with van der Waals surface area (Å²) in [6.45, 7) is 1.11. The lowest BCUT2D eigenvalue weighted by Crippen LogP contribution is -2.38. The third-order valence-corrected chi connectivity index (χ3v) is 8.70. The quantitative estimate of drug-likeness (QED) is 0.0729. The number of nitrogens with one attached hydrogen (secondary N) is 2. The van der Waals surface area contributed by atoms with E-state index >= 15 is 0 Å². The Bertz CT molecular complexity index is 1790. The van der Waals surface area contributed by atoms with E-state index in [1.165, 1.54) is 0 Å². The fourth-order valence-corrected chi connectivity index (χ4v) is 5.98. The van der Waals surface area contributed by atoms with Crippen molar-refractivity contribution in [3.05, 3.63) is 89.0 Å². The smallest absolute Gasteiger partial charge is 0.255 e. The maximum atomic E-state index is 12.6. The maximum Gasteiger partial charge on any atom is 0.255 e. The molecule has 1 aliphatic heterocycles. The van der Waals surface area contributed by atoms with Gasteiger partial charge in [0.2, 0.25) is 11.5 Å². The van der Waals surface area contributed by atoms with Crippen LogP contribution >= 0.6 is 0 Å². The molecule has 276 valence electrons. The minimum atomic E-state index is -0.361. The van der Waals surface area contributed by atoms with Gasteiger partial charge in [0, 0.05) is 5.69 Å². The van der Waals surface area contributed by atoms with Crippen molar-refractivity contribution in [2.24, 2.45) is 0 Å². The Kier molecular flexibility index (Phi) is 13.4. The molecule has 52 heavy (non-hydrogen) atoms. The number of benzene rings is 4. The van der Waals surface area contributed by atoms with Gasteiger partial charge in [-0.2, -0.15) is 0 Å². The van der Waals surface area contributed by atoms with Gasteiger partial charge in [0.05, 0.1) is 61.4 Å². The molecule has 0 fully saturated rings. The van der Waals surface area contributed by atoms with Crippen LogP contribution < -0.4 is 48.5 Å². The monoisotopic (exact) mass is 712 g/mol. The highest BCUT2D eigenvalue weighted by Crippen LogP contribution is 2.41. The Morgan fingerprint density at radius 3 is 1.65 bits per heavy atom. The Labute approximate surface area is 305 Å². The van der Waals surface area contributed by atoms with Gasteiger partial charge in [-0.05, 0) is 78.1 Å². The molecule has 0 bridgehead atoms. The van der Waals surface area contributed by atoms with Crippen LogP contribution in [0.3, 0.4) is 0 Å². The van der Waals surface area contributed by atoms with E-state index in [2.05, 4.69) is 10.6 Å². The number of ether oxygens (including phenoxy) is 8. The van der Waals surface area contributed by atoms with Gasteiger partial charge in [0.1, 0.15) is 6.17 Å². The van der Waals surface area contributed by atoms with E-state index in [1.54, 1.807) is 48.7 Å². The predicted molar refractivity (Wildman–Crippen MR) is 202 cm³/mol. The summed E-state index contributed by atoms with van der Waals surface area (Å²) < 4.78 is 45.6. The van der Waals surface area contributed by atoms with Crippen molar-refractivity contribution in [3.63, 3.8) is 0 Å². The van der Waals surface area contributed by atoms with Crippen molar-refractivity contribution in [3.8, 4) is 46.0 Å². The van der Waals surface area contributed by atoms with E-state index in [9.17, 15) is 4.79 Å². The first-order valence-electron chi connectivity index (χ1n) is 17.3. The van der Waals surface area contributed by atoms with Crippen LogP contribution in [0.25, 0.3) is 12.2 Å². The van der Waals surface area contributed by atoms with Crippen LogP contribution in [0.5, 0.6) is 46.0 Å². The Morgan fingerprint density at radius 2 is 1.08 bits per heavy atom. The summed E-state index contributed by atoms with van der Waals surface area (Å²) in [5, 5.41) is 6.38. The number of unbranched alkanes of at least 4 members (excludes halogenated alkanes) is 4. The third kappa shape index (κ3) is 9.14. The molecule has 0 aliphatic carbocycles. The number of hydrogen-bond acceptors (Lipinski definition) is 10. The summed E-state index contributed by atoms with van der Waals surface area (Å²) in [7, 11) is 9.62. The molecule has 1 unspecified atom stereocenters. The number of para-hydroxylation sites is 1. The zero-order valence-electron chi connectivity index (χ0n) is 30.7. The zero-order chi connectivity index (χ0) is 36.9. The number of carbonyl (C=O) groups excluding carboxylic acids is 1. The lowest BCUT2D eigenvalue weighted by molar-refractivity contribution is 0.0935. The van der Waals surface area contributed by atoms with Crippen molar-refractivity contribution in [2.45, 2.75) is 38.3 Å². The molecule has 0 radical (unpaired) electrons. The predicted octanol–water partition coefficient (Wildman–Crippen LogP) is 8.17. The highest BCUT2D eigenvalue weighted by Gasteiger charge is 2.25. The van der Waals surface area contributed by atoms with Crippen LogP contribution in [0.2, 0.25) is 0 Å². The molecule has 11 nitrogen and oxygen atoms in total. The van der Waals surface area contributed by atoms with Gasteiger partial charge in [0.25, 0.3) is 5.91 Å². The highest BCUT2D eigenvalue weighted by atomic mass is 16.5. The molecule has 5 rings (SSSR count). The average molecular weight is 713 g/mol. The summed E-state index contributed by atoms with van der Waals surface area (Å²) in [5.74, 6) is 4.64. The average Bonchev–Trinajstić information content (AvgIpc) is 3.18. The van der Waals surface area contributed by atoms with E-state index < -0.39 is 0 Å². The second-order valence-corrected chi connectivity index (χ2v) is 12.0. The maximum absolute atomic E-state index is 12.6. The molecule has 1 aliphatic rings. The summed E-state index contributed by atoms with van der Waals surface area (Å²) >= 11 is 0. The highest BCUT2D eigenvalue weighted by molar-refractivity contribution is 6.01. The van der Waals surface area contributed by atoms with Crippen LogP contribution in [0.1, 0.15) is 65.3 Å². The fourth-order valence-electron chi connectivity index (χ4n) is 5.98. The molecule has 0 spiro atoms. The SMILES string of the molecule is COc1cc(C2NC(=O)c3ccccc3N2)ccc1OCCCCCCCOc1c(OC)cc(/C=C\c2cc(OC)c(OC)c(OC)c2)cc1OC. The Hall–Kier alpha value is -5.71. The number of fused-ring (bicyclic) bond motifs is 1. The van der Waals surface area contributed by atoms with Crippen molar-refractivity contribution in [2.75, 3.05) is 61.2 Å². The first kappa shape index (κ1) is 37.5. The summed E-state index contributed by atoms with van der Waals surface area (Å²) in [6.07, 6.45) is 8.44. The van der Waals surface area contributed by atoms with Gasteiger partial charge >= 0.3 is 0 Å². The lowest BCUT2D eigenvalue weighted by Gasteiger charge is -2.28. The van der Waals surface area contributed by atoms with Crippen molar-refractivity contribution in [1.29, 1.82) is 0 Å². The van der Waals surface area contributed by atoms with E-state index in [0.717, 1.165) is 54.5 Å². The normalized spacial score (nSPS) is 13.4. The third-order valence-electron chi connectivity index (χ3n) is 8.70. The summed E-state index contributed by atoms with van der Waals surface area (Å²) in [5.41, 5.74) is 4.07. The number of hydrogen-bond donors (Lipinski definition) is 2. The number of methoxy groups -OCH3 is 6. The van der Waals surface area contributed by atoms with Gasteiger partial charge in [-0.1, -0.05) is 49.6 Å². The second-order valence-electron chi connectivity index (χ2n) is 12.0. The van der Waals surface area contributed by atoms with Crippen LogP contribution in [0, 0.1) is 0 Å². The molecule has 0 saturated heterocycles. The summed E-state index contributed by atoms with van der Waals surface area (Å²) in [4.78, 5) is 12.6. The van der Waals surface area contributed by atoms with E-state index in [-0.39, 0.29) is 12.1 Å². The Balaban J connectivity index is 1.06.